The summed E-state index contributed by atoms with van der Waals surface area (Å²) in [5.41, 5.74) is 1.63. The summed E-state index contributed by atoms with van der Waals surface area (Å²) in [6, 6.07) is 7.99. The fourth-order valence-corrected chi connectivity index (χ4v) is 2.98. The lowest BCUT2D eigenvalue weighted by atomic mass is 10.2. The number of hydrogen-bond donors (Lipinski definition) is 1. The van der Waals surface area contributed by atoms with Gasteiger partial charge in [-0.3, -0.25) is 19.2 Å². The van der Waals surface area contributed by atoms with Crippen molar-refractivity contribution in [3.8, 4) is 5.75 Å². The molecule has 0 unspecified atom stereocenters. The second-order valence-corrected chi connectivity index (χ2v) is 6.24. The van der Waals surface area contributed by atoms with Gasteiger partial charge in [-0.15, -0.1) is 0 Å². The van der Waals surface area contributed by atoms with Gasteiger partial charge in [0.2, 0.25) is 0 Å². The van der Waals surface area contributed by atoms with Crippen molar-refractivity contribution in [2.24, 2.45) is 0 Å². The molecule has 3 rings (SSSR count). The molecule has 1 amide bonds. The Bertz CT molecular complexity index is 764. The number of carbonyl (C=O) groups excluding carboxylic acids is 1. The minimum atomic E-state index is -0.987. The van der Waals surface area contributed by atoms with Crippen LogP contribution >= 0.6 is 0 Å². The zero-order valence-corrected chi connectivity index (χ0v) is 14.7. The number of aromatic nitrogens is 2. The number of piperazine rings is 1. The van der Waals surface area contributed by atoms with Crippen LogP contribution in [0.25, 0.3) is 0 Å². The minimum absolute atomic E-state index is 0.106. The van der Waals surface area contributed by atoms with Gasteiger partial charge in [0.25, 0.3) is 5.91 Å². The van der Waals surface area contributed by atoms with Gasteiger partial charge in [-0.25, -0.2) is 0 Å². The highest BCUT2D eigenvalue weighted by atomic mass is 16.5. The van der Waals surface area contributed by atoms with Crippen molar-refractivity contribution in [1.82, 2.24) is 19.6 Å². The predicted molar refractivity (Wildman–Crippen MR) is 94.0 cm³/mol. The zero-order valence-electron chi connectivity index (χ0n) is 14.7. The van der Waals surface area contributed by atoms with Gasteiger partial charge in [0.05, 0.1) is 18.9 Å². The number of ether oxygens (including phenoxy) is 1. The first kappa shape index (κ1) is 17.9. The molecular weight excluding hydrogens is 336 g/mol. The molecule has 8 heteroatoms. The highest BCUT2D eigenvalue weighted by Gasteiger charge is 2.23. The van der Waals surface area contributed by atoms with Gasteiger partial charge < -0.3 is 14.7 Å². The maximum Gasteiger partial charge on any atom is 0.325 e. The molecule has 0 bridgehead atoms. The molecule has 26 heavy (non-hydrogen) atoms. The second-order valence-electron chi connectivity index (χ2n) is 6.24. The van der Waals surface area contributed by atoms with Gasteiger partial charge in [-0.2, -0.15) is 5.10 Å². The van der Waals surface area contributed by atoms with Crippen LogP contribution < -0.4 is 4.74 Å². The molecule has 138 valence electrons. The molecule has 0 radical (unpaired) electrons. The number of methoxy groups -OCH3 is 1. The number of rotatable bonds is 6. The number of carbonyl (C=O) groups is 2. The third-order valence-corrected chi connectivity index (χ3v) is 4.40. The highest BCUT2D eigenvalue weighted by molar-refractivity contribution is 5.93. The fraction of sp³-hybridized carbons (Fsp3) is 0.389. The van der Waals surface area contributed by atoms with Gasteiger partial charge in [0, 0.05) is 38.9 Å². The van der Waals surface area contributed by atoms with Crippen molar-refractivity contribution in [2.75, 3.05) is 33.3 Å². The van der Waals surface area contributed by atoms with Gasteiger partial charge in [0.15, 0.2) is 0 Å². The average molecular weight is 358 g/mol. The van der Waals surface area contributed by atoms with Gasteiger partial charge in [0.1, 0.15) is 12.3 Å². The van der Waals surface area contributed by atoms with Crippen LogP contribution in [0.5, 0.6) is 5.75 Å². The van der Waals surface area contributed by atoms with Crippen LogP contribution in [0.2, 0.25) is 0 Å². The molecule has 0 aliphatic carbocycles. The number of hydrogen-bond acceptors (Lipinski definition) is 5. The number of amides is 1. The molecular formula is C18H22N4O4. The van der Waals surface area contributed by atoms with Crippen molar-refractivity contribution in [1.29, 1.82) is 0 Å². The molecule has 8 nitrogen and oxygen atoms in total. The van der Waals surface area contributed by atoms with E-state index < -0.39 is 5.97 Å². The number of carboxylic acid groups (broad SMARTS) is 1. The summed E-state index contributed by atoms with van der Waals surface area (Å²) in [6.07, 6.45) is 2.91. The summed E-state index contributed by atoms with van der Waals surface area (Å²) in [4.78, 5) is 27.3. The quantitative estimate of drug-likeness (QED) is 0.827. The van der Waals surface area contributed by atoms with Crippen molar-refractivity contribution in [3.05, 3.63) is 47.8 Å². The topological polar surface area (TPSA) is 87.9 Å². The predicted octanol–water partition coefficient (Wildman–Crippen LogP) is 0.934. The standard InChI is InChI=1S/C18H22N4O4/c1-26-16-4-2-14(3-5-16)11-20-6-8-21(9-7-20)18(25)15-10-19-22(12-15)13-17(23)24/h2-5,10,12H,6-9,11,13H2,1H3,(H,23,24). The van der Waals surface area contributed by atoms with Crippen molar-refractivity contribution >= 4 is 11.9 Å². The highest BCUT2D eigenvalue weighted by Crippen LogP contribution is 2.15. The van der Waals surface area contributed by atoms with E-state index in [0.717, 1.165) is 25.4 Å². The van der Waals surface area contributed by atoms with E-state index in [1.54, 1.807) is 12.0 Å². The Labute approximate surface area is 151 Å². The Morgan fingerprint density at radius 2 is 1.85 bits per heavy atom. The zero-order chi connectivity index (χ0) is 18.5. The van der Waals surface area contributed by atoms with E-state index in [1.807, 2.05) is 24.3 Å². The lowest BCUT2D eigenvalue weighted by Crippen LogP contribution is -2.48. The average Bonchev–Trinajstić information content (AvgIpc) is 3.10. The van der Waals surface area contributed by atoms with Crippen LogP contribution in [-0.2, 0) is 17.9 Å². The van der Waals surface area contributed by atoms with E-state index in [0.29, 0.717) is 18.7 Å². The number of nitrogens with zero attached hydrogens (tertiary/aromatic N) is 4. The second kappa shape index (κ2) is 8.01. The molecule has 0 saturated carbocycles. The summed E-state index contributed by atoms with van der Waals surface area (Å²) in [6.45, 7) is 3.45. The molecule has 1 aromatic carbocycles. The lowest BCUT2D eigenvalue weighted by Gasteiger charge is -2.34. The molecule has 1 N–H and O–H groups in total. The number of carboxylic acids is 1. The molecule has 2 heterocycles. The van der Waals surface area contributed by atoms with Crippen LogP contribution in [0.1, 0.15) is 15.9 Å². The summed E-state index contributed by atoms with van der Waals surface area (Å²) < 4.78 is 6.43. The molecule has 1 aliphatic heterocycles. The van der Waals surface area contributed by atoms with Crippen LogP contribution in [-0.4, -0.2) is 69.9 Å². The van der Waals surface area contributed by atoms with Crippen LogP contribution in [0.3, 0.4) is 0 Å². The van der Waals surface area contributed by atoms with E-state index in [-0.39, 0.29) is 12.5 Å². The lowest BCUT2D eigenvalue weighted by molar-refractivity contribution is -0.137. The van der Waals surface area contributed by atoms with E-state index in [4.69, 9.17) is 9.84 Å². The first-order valence-corrected chi connectivity index (χ1v) is 8.44. The smallest absolute Gasteiger partial charge is 0.325 e. The van der Waals surface area contributed by atoms with E-state index in [2.05, 4.69) is 10.00 Å². The Hall–Kier alpha value is -2.87. The molecule has 1 aromatic heterocycles. The van der Waals surface area contributed by atoms with Gasteiger partial charge >= 0.3 is 5.97 Å². The monoisotopic (exact) mass is 358 g/mol. The maximum atomic E-state index is 12.5. The van der Waals surface area contributed by atoms with Crippen LogP contribution in [0.15, 0.2) is 36.7 Å². The Balaban J connectivity index is 1.51. The number of aliphatic carboxylic acids is 1. The van der Waals surface area contributed by atoms with Gasteiger partial charge in [-0.05, 0) is 17.7 Å². The summed E-state index contributed by atoms with van der Waals surface area (Å²) in [7, 11) is 1.65. The Morgan fingerprint density at radius 1 is 1.15 bits per heavy atom. The molecule has 2 aromatic rings. The van der Waals surface area contributed by atoms with Crippen molar-refractivity contribution < 1.29 is 19.4 Å². The third-order valence-electron chi connectivity index (χ3n) is 4.40. The Morgan fingerprint density at radius 3 is 2.46 bits per heavy atom. The maximum absolute atomic E-state index is 12.5. The van der Waals surface area contributed by atoms with Crippen LogP contribution in [0.4, 0.5) is 0 Å². The number of benzene rings is 1. The minimum Gasteiger partial charge on any atom is -0.497 e. The molecule has 0 spiro atoms. The summed E-state index contributed by atoms with van der Waals surface area (Å²) in [5.74, 6) is -0.252. The molecule has 1 aliphatic rings. The largest absolute Gasteiger partial charge is 0.497 e. The van der Waals surface area contributed by atoms with Crippen LogP contribution in [0, 0.1) is 0 Å². The Kier molecular flexibility index (Phi) is 5.52. The summed E-state index contributed by atoms with van der Waals surface area (Å²) >= 11 is 0. The third kappa shape index (κ3) is 4.40. The first-order chi connectivity index (χ1) is 12.5. The van der Waals surface area contributed by atoms with E-state index in [9.17, 15) is 9.59 Å². The SMILES string of the molecule is COc1ccc(CN2CCN(C(=O)c3cnn(CC(=O)O)c3)CC2)cc1. The first-order valence-electron chi connectivity index (χ1n) is 8.44. The molecule has 0 atom stereocenters. The fourth-order valence-electron chi connectivity index (χ4n) is 2.98. The summed E-state index contributed by atoms with van der Waals surface area (Å²) in [5, 5.41) is 12.7. The molecule has 1 saturated heterocycles. The van der Waals surface area contributed by atoms with E-state index in [1.165, 1.54) is 22.6 Å². The van der Waals surface area contributed by atoms with Gasteiger partial charge in [-0.1, -0.05) is 12.1 Å². The normalized spacial score (nSPS) is 15.0. The van der Waals surface area contributed by atoms with E-state index >= 15 is 0 Å². The van der Waals surface area contributed by atoms with Crippen molar-refractivity contribution in [3.63, 3.8) is 0 Å². The molecule has 1 fully saturated rings. The van der Waals surface area contributed by atoms with Crippen molar-refractivity contribution in [2.45, 2.75) is 13.1 Å².